The fourth-order valence-electron chi connectivity index (χ4n) is 2.61. The van der Waals surface area contributed by atoms with Crippen molar-refractivity contribution in [3.05, 3.63) is 46.1 Å². The number of allylic oxidation sites excluding steroid dienone is 2. The van der Waals surface area contributed by atoms with Crippen LogP contribution in [0.1, 0.15) is 50.4 Å². The lowest BCUT2D eigenvalue weighted by Gasteiger charge is -1.98. The third-order valence-electron chi connectivity index (χ3n) is 3.71. The Balaban J connectivity index is 0.000000143. The molecule has 0 unspecified atom stereocenters. The van der Waals surface area contributed by atoms with E-state index in [1.54, 1.807) is 6.92 Å². The van der Waals surface area contributed by atoms with E-state index in [9.17, 15) is 9.59 Å². The maximum atomic E-state index is 11.3. The van der Waals surface area contributed by atoms with Crippen LogP contribution in [-0.4, -0.2) is 38.9 Å². The van der Waals surface area contributed by atoms with Crippen molar-refractivity contribution in [1.82, 2.24) is 20.4 Å². The standard InChI is InChI=1S/C9H10N2O2.C7H7N3O/c1-2-13-9(12)8-6-4-3-5-7(6)10-11-8;8-7(11)6-4-2-1-3-5(4)9-10-6/h3,5H,2,4H2,1H3,(H,10,11);1,3H,2H2,(H2,8,11)(H,9,10). The minimum absolute atomic E-state index is 0.344. The van der Waals surface area contributed by atoms with E-state index in [2.05, 4.69) is 20.4 Å². The summed E-state index contributed by atoms with van der Waals surface area (Å²) in [6.07, 6.45) is 9.30. The Bertz CT molecular complexity index is 844. The molecule has 4 N–H and O–H groups in total. The molecule has 0 spiro atoms. The van der Waals surface area contributed by atoms with Crippen molar-refractivity contribution in [2.24, 2.45) is 5.73 Å². The van der Waals surface area contributed by atoms with Gasteiger partial charge in [-0.05, 0) is 31.9 Å². The second kappa shape index (κ2) is 6.53. The average Bonchev–Trinajstić information content (AvgIpc) is 3.28. The maximum Gasteiger partial charge on any atom is 0.359 e. The molecule has 4 rings (SSSR count). The lowest BCUT2D eigenvalue weighted by molar-refractivity contribution is 0.0518. The first kappa shape index (κ1) is 15.7. The number of rotatable bonds is 3. The van der Waals surface area contributed by atoms with Gasteiger partial charge in [0.15, 0.2) is 11.4 Å². The Morgan fingerprint density at radius 3 is 2.17 bits per heavy atom. The highest BCUT2D eigenvalue weighted by Gasteiger charge is 2.20. The number of carbonyl (C=O) groups excluding carboxylic acids is 2. The number of carbonyl (C=O) groups is 2. The number of aromatic nitrogens is 4. The van der Waals surface area contributed by atoms with Crippen molar-refractivity contribution < 1.29 is 14.3 Å². The molecule has 8 heteroatoms. The quantitative estimate of drug-likeness (QED) is 0.731. The Labute approximate surface area is 137 Å². The lowest BCUT2D eigenvalue weighted by atomic mass is 10.2. The number of aromatic amines is 2. The van der Waals surface area contributed by atoms with Gasteiger partial charge in [0.1, 0.15) is 0 Å². The summed E-state index contributed by atoms with van der Waals surface area (Å²) in [5.74, 6) is -0.810. The van der Waals surface area contributed by atoms with E-state index < -0.39 is 5.91 Å². The van der Waals surface area contributed by atoms with E-state index in [0.29, 0.717) is 18.0 Å². The topological polar surface area (TPSA) is 127 Å². The van der Waals surface area contributed by atoms with Crippen LogP contribution in [0.15, 0.2) is 12.2 Å². The number of H-pyrrole nitrogens is 2. The molecule has 124 valence electrons. The Kier molecular flexibility index (Phi) is 4.28. The molecule has 24 heavy (non-hydrogen) atoms. The average molecular weight is 327 g/mol. The molecule has 0 bridgehead atoms. The van der Waals surface area contributed by atoms with Gasteiger partial charge in [-0.3, -0.25) is 15.0 Å². The zero-order chi connectivity index (χ0) is 17.1. The summed E-state index contributed by atoms with van der Waals surface area (Å²) in [5.41, 5.74) is 9.54. The minimum atomic E-state index is -0.466. The van der Waals surface area contributed by atoms with Crippen LogP contribution in [0.3, 0.4) is 0 Å². The zero-order valence-corrected chi connectivity index (χ0v) is 13.1. The summed E-state index contributed by atoms with van der Waals surface area (Å²) in [4.78, 5) is 22.1. The smallest absolute Gasteiger partial charge is 0.359 e. The molecule has 2 heterocycles. The minimum Gasteiger partial charge on any atom is -0.461 e. The molecule has 0 radical (unpaired) electrons. The SMILES string of the molecule is CCOC(=O)c1n[nH]c2c1CC=C2.NC(=O)c1n[nH]c2c1CC=C2. The van der Waals surface area contributed by atoms with Gasteiger partial charge in [-0.1, -0.05) is 12.2 Å². The molecule has 0 fully saturated rings. The van der Waals surface area contributed by atoms with Crippen LogP contribution in [0.4, 0.5) is 0 Å². The van der Waals surface area contributed by atoms with Gasteiger partial charge in [-0.2, -0.15) is 10.2 Å². The summed E-state index contributed by atoms with van der Waals surface area (Å²) in [6, 6.07) is 0. The van der Waals surface area contributed by atoms with Crippen LogP contribution in [0, 0.1) is 0 Å². The first-order chi connectivity index (χ1) is 11.6. The van der Waals surface area contributed by atoms with Gasteiger partial charge in [0.2, 0.25) is 0 Å². The number of fused-ring (bicyclic) bond motifs is 2. The van der Waals surface area contributed by atoms with E-state index >= 15 is 0 Å². The third kappa shape index (κ3) is 2.85. The highest BCUT2D eigenvalue weighted by molar-refractivity contribution is 5.93. The van der Waals surface area contributed by atoms with Crippen LogP contribution < -0.4 is 5.73 Å². The van der Waals surface area contributed by atoms with E-state index in [1.807, 2.05) is 24.3 Å². The molecule has 2 aromatic heterocycles. The second-order valence-corrected chi connectivity index (χ2v) is 5.23. The molecular formula is C16H17N5O3. The van der Waals surface area contributed by atoms with E-state index in [-0.39, 0.29) is 5.97 Å². The summed E-state index contributed by atoms with van der Waals surface area (Å²) >= 11 is 0. The summed E-state index contributed by atoms with van der Waals surface area (Å²) < 4.78 is 4.86. The van der Waals surface area contributed by atoms with Crippen LogP contribution >= 0.6 is 0 Å². The Morgan fingerprint density at radius 1 is 1.08 bits per heavy atom. The molecule has 2 aliphatic rings. The third-order valence-corrected chi connectivity index (χ3v) is 3.71. The molecule has 0 aromatic carbocycles. The van der Waals surface area contributed by atoms with Crippen molar-refractivity contribution >= 4 is 24.0 Å². The molecule has 1 amide bonds. The monoisotopic (exact) mass is 327 g/mol. The van der Waals surface area contributed by atoms with Gasteiger partial charge in [-0.15, -0.1) is 0 Å². The van der Waals surface area contributed by atoms with Crippen molar-refractivity contribution in [2.75, 3.05) is 6.61 Å². The molecule has 8 nitrogen and oxygen atoms in total. The Hall–Kier alpha value is -3.16. The molecule has 0 aliphatic heterocycles. The summed E-state index contributed by atoms with van der Waals surface area (Å²) in [6.45, 7) is 2.16. The maximum absolute atomic E-state index is 11.3. The lowest BCUT2D eigenvalue weighted by Crippen LogP contribution is -2.13. The number of nitrogens with zero attached hydrogens (tertiary/aromatic N) is 2. The van der Waals surface area contributed by atoms with Crippen LogP contribution in [-0.2, 0) is 17.6 Å². The predicted octanol–water partition coefficient (Wildman–Crippen LogP) is 1.23. The number of nitrogens with one attached hydrogen (secondary N) is 2. The van der Waals surface area contributed by atoms with Crippen molar-refractivity contribution in [2.45, 2.75) is 19.8 Å². The van der Waals surface area contributed by atoms with Crippen molar-refractivity contribution in [3.8, 4) is 0 Å². The predicted molar refractivity (Wildman–Crippen MR) is 87.1 cm³/mol. The number of primary amides is 1. The number of nitrogens with two attached hydrogens (primary N) is 1. The van der Waals surface area contributed by atoms with Gasteiger partial charge >= 0.3 is 5.97 Å². The van der Waals surface area contributed by atoms with Gasteiger partial charge in [0.05, 0.1) is 18.0 Å². The zero-order valence-electron chi connectivity index (χ0n) is 13.1. The summed E-state index contributed by atoms with van der Waals surface area (Å²) in [5, 5.41) is 13.2. The largest absolute Gasteiger partial charge is 0.461 e. The first-order valence-electron chi connectivity index (χ1n) is 7.56. The second-order valence-electron chi connectivity index (χ2n) is 5.23. The van der Waals surface area contributed by atoms with E-state index in [0.717, 1.165) is 35.4 Å². The Morgan fingerprint density at radius 2 is 1.62 bits per heavy atom. The number of amides is 1. The van der Waals surface area contributed by atoms with E-state index in [4.69, 9.17) is 10.5 Å². The van der Waals surface area contributed by atoms with Gasteiger partial charge in [-0.25, -0.2) is 4.79 Å². The van der Waals surface area contributed by atoms with Crippen molar-refractivity contribution in [3.63, 3.8) is 0 Å². The van der Waals surface area contributed by atoms with Crippen molar-refractivity contribution in [1.29, 1.82) is 0 Å². The van der Waals surface area contributed by atoms with Crippen LogP contribution in [0.25, 0.3) is 12.2 Å². The first-order valence-corrected chi connectivity index (χ1v) is 7.56. The summed E-state index contributed by atoms with van der Waals surface area (Å²) in [7, 11) is 0. The highest BCUT2D eigenvalue weighted by atomic mass is 16.5. The molecule has 0 atom stereocenters. The molecular weight excluding hydrogens is 310 g/mol. The van der Waals surface area contributed by atoms with Gasteiger partial charge in [0, 0.05) is 11.1 Å². The molecule has 0 saturated heterocycles. The van der Waals surface area contributed by atoms with Gasteiger partial charge in [0.25, 0.3) is 5.91 Å². The number of esters is 1. The van der Waals surface area contributed by atoms with Gasteiger partial charge < -0.3 is 10.5 Å². The number of hydrogen-bond donors (Lipinski definition) is 3. The fourth-order valence-corrected chi connectivity index (χ4v) is 2.61. The normalized spacial score (nSPS) is 13.2. The number of hydrogen-bond acceptors (Lipinski definition) is 5. The molecule has 2 aliphatic carbocycles. The highest BCUT2D eigenvalue weighted by Crippen LogP contribution is 2.21. The number of ether oxygens (including phenoxy) is 1. The molecule has 2 aromatic rings. The van der Waals surface area contributed by atoms with Crippen LogP contribution in [0.2, 0.25) is 0 Å². The fraction of sp³-hybridized carbons (Fsp3) is 0.250. The molecule has 0 saturated carbocycles. The van der Waals surface area contributed by atoms with Crippen LogP contribution in [0.5, 0.6) is 0 Å². The van der Waals surface area contributed by atoms with E-state index in [1.165, 1.54) is 0 Å².